The lowest BCUT2D eigenvalue weighted by Gasteiger charge is -2.13. The maximum absolute atomic E-state index is 4.77. The van der Waals surface area contributed by atoms with E-state index in [0.717, 1.165) is 12.1 Å². The van der Waals surface area contributed by atoms with Gasteiger partial charge in [-0.2, -0.15) is 0 Å². The third kappa shape index (κ3) is 3.89. The second-order valence-electron chi connectivity index (χ2n) is 5.15. The predicted molar refractivity (Wildman–Crippen MR) is 91.2 cm³/mol. The zero-order valence-electron chi connectivity index (χ0n) is 12.3. The Balaban J connectivity index is 1.85. The van der Waals surface area contributed by atoms with Crippen LogP contribution in [0.25, 0.3) is 0 Å². The van der Waals surface area contributed by atoms with Gasteiger partial charge in [0.2, 0.25) is 0 Å². The molecule has 0 aliphatic rings. The standard InChI is InChI=1S/C20H18N2/c1-3-9-17(10-4-1)15-20(18-11-5-2-6-12-18)22-16-19-13-7-8-14-21-19/h1-14,16,20H,15H2/b22-16+. The number of hydrogen-bond acceptors (Lipinski definition) is 2. The topological polar surface area (TPSA) is 25.2 Å². The van der Waals surface area contributed by atoms with Gasteiger partial charge >= 0.3 is 0 Å². The molecule has 0 aliphatic carbocycles. The number of benzene rings is 2. The van der Waals surface area contributed by atoms with Crippen LogP contribution in [0, 0.1) is 0 Å². The first kappa shape index (κ1) is 14.2. The Kier molecular flexibility index (Phi) is 4.73. The van der Waals surface area contributed by atoms with Gasteiger partial charge in [0.1, 0.15) is 0 Å². The van der Waals surface area contributed by atoms with Crippen LogP contribution in [0.15, 0.2) is 90.1 Å². The van der Waals surface area contributed by atoms with Crippen molar-refractivity contribution in [3.8, 4) is 0 Å². The summed E-state index contributed by atoms with van der Waals surface area (Å²) < 4.78 is 0. The number of nitrogens with zero attached hydrogens (tertiary/aromatic N) is 2. The van der Waals surface area contributed by atoms with E-state index < -0.39 is 0 Å². The minimum atomic E-state index is 0.102. The zero-order valence-corrected chi connectivity index (χ0v) is 12.3. The molecule has 0 saturated heterocycles. The molecule has 0 N–H and O–H groups in total. The molecule has 0 aliphatic heterocycles. The third-order valence-corrected chi connectivity index (χ3v) is 3.53. The SMILES string of the molecule is C(=N\C(Cc1ccccc1)c1ccccc1)/c1ccccn1. The van der Waals surface area contributed by atoms with Crippen LogP contribution in [0.2, 0.25) is 0 Å². The number of pyridine rings is 1. The summed E-state index contributed by atoms with van der Waals surface area (Å²) in [6.07, 6.45) is 4.53. The first-order valence-electron chi connectivity index (χ1n) is 7.45. The molecule has 0 saturated carbocycles. The van der Waals surface area contributed by atoms with Crippen molar-refractivity contribution in [3.05, 3.63) is 102 Å². The van der Waals surface area contributed by atoms with Gasteiger partial charge in [-0.05, 0) is 29.7 Å². The fourth-order valence-corrected chi connectivity index (χ4v) is 2.39. The molecule has 22 heavy (non-hydrogen) atoms. The van der Waals surface area contributed by atoms with Crippen LogP contribution in [0.5, 0.6) is 0 Å². The molecule has 1 unspecified atom stereocenters. The van der Waals surface area contributed by atoms with Crippen molar-refractivity contribution in [2.24, 2.45) is 4.99 Å². The van der Waals surface area contributed by atoms with Gasteiger partial charge in [-0.3, -0.25) is 9.98 Å². The monoisotopic (exact) mass is 286 g/mol. The molecule has 2 nitrogen and oxygen atoms in total. The Morgan fingerprint density at radius 2 is 1.50 bits per heavy atom. The van der Waals surface area contributed by atoms with Crippen molar-refractivity contribution in [3.63, 3.8) is 0 Å². The van der Waals surface area contributed by atoms with Crippen molar-refractivity contribution >= 4 is 6.21 Å². The molecule has 1 atom stereocenters. The number of rotatable bonds is 5. The summed E-state index contributed by atoms with van der Waals surface area (Å²) in [6.45, 7) is 0. The van der Waals surface area contributed by atoms with E-state index in [-0.39, 0.29) is 6.04 Å². The molecule has 2 aromatic carbocycles. The Bertz CT molecular complexity index is 706. The first-order chi connectivity index (χ1) is 10.9. The average molecular weight is 286 g/mol. The predicted octanol–water partition coefficient (Wildman–Crippen LogP) is 4.48. The molecule has 108 valence electrons. The van der Waals surface area contributed by atoms with Gasteiger partial charge in [-0.1, -0.05) is 66.7 Å². The fourth-order valence-electron chi connectivity index (χ4n) is 2.39. The molecule has 3 rings (SSSR count). The Morgan fingerprint density at radius 3 is 2.18 bits per heavy atom. The first-order valence-corrected chi connectivity index (χ1v) is 7.45. The molecular formula is C20H18N2. The highest BCUT2D eigenvalue weighted by atomic mass is 14.8. The zero-order chi connectivity index (χ0) is 15.0. The molecule has 0 fully saturated rings. The second-order valence-corrected chi connectivity index (χ2v) is 5.15. The summed E-state index contributed by atoms with van der Waals surface area (Å²) in [7, 11) is 0. The summed E-state index contributed by atoms with van der Waals surface area (Å²) in [6, 6.07) is 26.8. The maximum Gasteiger partial charge on any atom is 0.0808 e. The van der Waals surface area contributed by atoms with E-state index in [1.165, 1.54) is 11.1 Å². The number of aliphatic imine (C=N–C) groups is 1. The highest BCUT2D eigenvalue weighted by Crippen LogP contribution is 2.22. The summed E-state index contributed by atoms with van der Waals surface area (Å²) in [4.78, 5) is 9.07. The maximum atomic E-state index is 4.77. The average Bonchev–Trinajstić information content (AvgIpc) is 2.61. The van der Waals surface area contributed by atoms with Crippen molar-refractivity contribution in [2.45, 2.75) is 12.5 Å². The molecular weight excluding hydrogens is 268 g/mol. The van der Waals surface area contributed by atoms with E-state index in [1.807, 2.05) is 36.5 Å². The molecule has 0 bridgehead atoms. The van der Waals surface area contributed by atoms with Crippen LogP contribution in [0.1, 0.15) is 22.9 Å². The number of hydrogen-bond donors (Lipinski definition) is 0. The van der Waals surface area contributed by atoms with Gasteiger partial charge in [0.05, 0.1) is 11.7 Å². The summed E-state index contributed by atoms with van der Waals surface area (Å²) >= 11 is 0. The number of aromatic nitrogens is 1. The van der Waals surface area contributed by atoms with Gasteiger partial charge in [-0.25, -0.2) is 0 Å². The lowest BCUT2D eigenvalue weighted by molar-refractivity contribution is 0.728. The minimum Gasteiger partial charge on any atom is -0.283 e. The lowest BCUT2D eigenvalue weighted by Crippen LogP contribution is -2.01. The van der Waals surface area contributed by atoms with Crippen molar-refractivity contribution in [2.75, 3.05) is 0 Å². The van der Waals surface area contributed by atoms with Gasteiger partial charge in [0.15, 0.2) is 0 Å². The normalized spacial score (nSPS) is 12.4. The molecule has 1 aromatic heterocycles. The smallest absolute Gasteiger partial charge is 0.0808 e. The Hall–Kier alpha value is -2.74. The quantitative estimate of drug-likeness (QED) is 0.635. The Labute approximate surface area is 131 Å². The van der Waals surface area contributed by atoms with Crippen molar-refractivity contribution < 1.29 is 0 Å². The van der Waals surface area contributed by atoms with Crippen LogP contribution < -0.4 is 0 Å². The van der Waals surface area contributed by atoms with Crippen molar-refractivity contribution in [1.82, 2.24) is 4.98 Å². The van der Waals surface area contributed by atoms with E-state index in [9.17, 15) is 0 Å². The lowest BCUT2D eigenvalue weighted by atomic mass is 9.99. The summed E-state index contributed by atoms with van der Waals surface area (Å²) in [5.41, 5.74) is 3.39. The molecule has 0 amide bonds. The van der Waals surface area contributed by atoms with Gasteiger partial charge in [0.25, 0.3) is 0 Å². The van der Waals surface area contributed by atoms with E-state index in [2.05, 4.69) is 53.5 Å². The Morgan fingerprint density at radius 1 is 0.818 bits per heavy atom. The fraction of sp³-hybridized carbons (Fsp3) is 0.100. The summed E-state index contributed by atoms with van der Waals surface area (Å²) in [5, 5.41) is 0. The van der Waals surface area contributed by atoms with E-state index in [4.69, 9.17) is 4.99 Å². The van der Waals surface area contributed by atoms with Crippen LogP contribution in [-0.4, -0.2) is 11.2 Å². The van der Waals surface area contributed by atoms with Crippen molar-refractivity contribution in [1.29, 1.82) is 0 Å². The molecule has 0 radical (unpaired) electrons. The molecule has 3 aromatic rings. The molecule has 1 heterocycles. The van der Waals surface area contributed by atoms with E-state index >= 15 is 0 Å². The second kappa shape index (κ2) is 7.32. The van der Waals surface area contributed by atoms with E-state index in [1.54, 1.807) is 6.20 Å². The largest absolute Gasteiger partial charge is 0.283 e. The van der Waals surface area contributed by atoms with Crippen LogP contribution in [0.4, 0.5) is 0 Å². The van der Waals surface area contributed by atoms with Gasteiger partial charge in [0, 0.05) is 12.4 Å². The minimum absolute atomic E-state index is 0.102. The highest BCUT2D eigenvalue weighted by Gasteiger charge is 2.10. The molecule has 0 spiro atoms. The summed E-state index contributed by atoms with van der Waals surface area (Å²) in [5.74, 6) is 0. The van der Waals surface area contributed by atoms with E-state index in [0.29, 0.717) is 0 Å². The third-order valence-electron chi connectivity index (χ3n) is 3.53. The van der Waals surface area contributed by atoms with Crippen LogP contribution >= 0.6 is 0 Å². The van der Waals surface area contributed by atoms with Gasteiger partial charge in [-0.15, -0.1) is 0 Å². The van der Waals surface area contributed by atoms with Crippen LogP contribution in [0.3, 0.4) is 0 Å². The van der Waals surface area contributed by atoms with Crippen LogP contribution in [-0.2, 0) is 6.42 Å². The molecule has 2 heteroatoms. The van der Waals surface area contributed by atoms with Gasteiger partial charge < -0.3 is 0 Å². The highest BCUT2D eigenvalue weighted by molar-refractivity contribution is 5.76.